The van der Waals surface area contributed by atoms with Crippen LogP contribution in [0.4, 0.5) is 13.2 Å². The molecule has 0 heterocycles. The van der Waals surface area contributed by atoms with E-state index in [0.717, 1.165) is 5.56 Å². The van der Waals surface area contributed by atoms with Crippen molar-refractivity contribution in [3.63, 3.8) is 0 Å². The van der Waals surface area contributed by atoms with Crippen molar-refractivity contribution in [2.45, 2.75) is 32.7 Å². The topological polar surface area (TPSA) is 9.23 Å². The molecular formula is C23H23F3O. The standard InChI is InChI=1S/C21H17F3O.C2H6/c1-16-10-8-9-15-19(16)20(25-21(22,23)24,17-11-4-2-5-12-17)18-13-6-3-7-14-18;1-2/h2-15H,1H3;1-2H3. The molecule has 0 aliphatic rings. The summed E-state index contributed by atoms with van der Waals surface area (Å²) in [6.45, 7) is 5.79. The molecule has 27 heavy (non-hydrogen) atoms. The molecule has 3 aromatic rings. The van der Waals surface area contributed by atoms with E-state index in [1.807, 2.05) is 13.8 Å². The summed E-state index contributed by atoms with van der Waals surface area (Å²) in [5, 5.41) is 0. The molecule has 3 aromatic carbocycles. The summed E-state index contributed by atoms with van der Waals surface area (Å²) in [6, 6.07) is 24.0. The zero-order valence-electron chi connectivity index (χ0n) is 15.6. The summed E-state index contributed by atoms with van der Waals surface area (Å²) >= 11 is 0. The molecule has 4 heteroatoms. The van der Waals surface area contributed by atoms with Gasteiger partial charge in [0, 0.05) is 0 Å². The van der Waals surface area contributed by atoms with E-state index in [9.17, 15) is 13.2 Å². The van der Waals surface area contributed by atoms with Gasteiger partial charge in [0.05, 0.1) is 0 Å². The third-order valence-electron chi connectivity index (χ3n) is 4.15. The molecule has 0 saturated carbocycles. The van der Waals surface area contributed by atoms with Gasteiger partial charge in [-0.05, 0) is 29.2 Å². The molecule has 3 rings (SSSR count). The third kappa shape index (κ3) is 4.58. The van der Waals surface area contributed by atoms with E-state index in [1.165, 1.54) is 0 Å². The van der Waals surface area contributed by atoms with Crippen LogP contribution in [-0.4, -0.2) is 6.36 Å². The monoisotopic (exact) mass is 372 g/mol. The first kappa shape index (κ1) is 20.7. The summed E-state index contributed by atoms with van der Waals surface area (Å²) in [4.78, 5) is 0. The quantitative estimate of drug-likeness (QED) is 0.455. The van der Waals surface area contributed by atoms with Crippen molar-refractivity contribution >= 4 is 0 Å². The molecule has 1 nitrogen and oxygen atoms in total. The number of alkyl halides is 3. The molecule has 0 amide bonds. The molecular weight excluding hydrogens is 349 g/mol. The number of hydrogen-bond donors (Lipinski definition) is 0. The minimum Gasteiger partial charge on any atom is -0.271 e. The molecule has 0 N–H and O–H groups in total. The number of ether oxygens (including phenoxy) is 1. The van der Waals surface area contributed by atoms with Crippen LogP contribution in [0.2, 0.25) is 0 Å². The maximum atomic E-state index is 13.5. The molecule has 0 aliphatic heterocycles. The fraction of sp³-hybridized carbons (Fsp3) is 0.217. The molecule has 0 aromatic heterocycles. The van der Waals surface area contributed by atoms with Crippen molar-refractivity contribution in [2.75, 3.05) is 0 Å². The second-order valence-electron chi connectivity index (χ2n) is 5.78. The zero-order chi connectivity index (χ0) is 19.9. The van der Waals surface area contributed by atoms with E-state index in [-0.39, 0.29) is 0 Å². The molecule has 0 saturated heterocycles. The Kier molecular flexibility index (Phi) is 6.81. The van der Waals surface area contributed by atoms with Gasteiger partial charge >= 0.3 is 6.36 Å². The smallest absolute Gasteiger partial charge is 0.271 e. The van der Waals surface area contributed by atoms with Crippen LogP contribution in [0.1, 0.15) is 36.1 Å². The Morgan fingerprint density at radius 3 is 1.44 bits per heavy atom. The Morgan fingerprint density at radius 1 is 0.630 bits per heavy atom. The summed E-state index contributed by atoms with van der Waals surface area (Å²) in [7, 11) is 0. The van der Waals surface area contributed by atoms with Gasteiger partial charge in [-0.2, -0.15) is 0 Å². The highest BCUT2D eigenvalue weighted by Crippen LogP contribution is 2.45. The molecule has 0 unspecified atom stereocenters. The van der Waals surface area contributed by atoms with Crippen molar-refractivity contribution in [1.29, 1.82) is 0 Å². The fourth-order valence-corrected chi connectivity index (χ4v) is 3.14. The van der Waals surface area contributed by atoms with Gasteiger partial charge in [0.1, 0.15) is 0 Å². The summed E-state index contributed by atoms with van der Waals surface area (Å²) in [5.41, 5.74) is 0.261. The maximum absolute atomic E-state index is 13.5. The van der Waals surface area contributed by atoms with Gasteiger partial charge in [-0.25, -0.2) is 0 Å². The van der Waals surface area contributed by atoms with Gasteiger partial charge in [-0.15, -0.1) is 13.2 Å². The lowest BCUT2D eigenvalue weighted by atomic mass is 9.78. The van der Waals surface area contributed by atoms with Gasteiger partial charge in [-0.3, -0.25) is 4.74 Å². The minimum absolute atomic E-state index is 0.424. The zero-order valence-corrected chi connectivity index (χ0v) is 15.6. The predicted molar refractivity (Wildman–Crippen MR) is 102 cm³/mol. The number of benzene rings is 3. The molecule has 0 bridgehead atoms. The van der Waals surface area contributed by atoms with Gasteiger partial charge in [-0.1, -0.05) is 98.8 Å². The lowest BCUT2D eigenvalue weighted by Gasteiger charge is -2.37. The lowest BCUT2D eigenvalue weighted by molar-refractivity contribution is -0.356. The van der Waals surface area contributed by atoms with Gasteiger partial charge in [0.15, 0.2) is 5.60 Å². The van der Waals surface area contributed by atoms with E-state index in [4.69, 9.17) is 4.74 Å². The SMILES string of the molecule is CC.Cc1ccccc1C(OC(F)(F)F)(c1ccccc1)c1ccccc1. The van der Waals surface area contributed by atoms with Crippen LogP contribution in [0, 0.1) is 6.92 Å². The van der Waals surface area contributed by atoms with Gasteiger partial charge in [0.25, 0.3) is 0 Å². The second kappa shape index (κ2) is 8.87. The summed E-state index contributed by atoms with van der Waals surface area (Å²) in [5.74, 6) is 0. The number of aryl methyl sites for hydroxylation is 1. The summed E-state index contributed by atoms with van der Waals surface area (Å²) < 4.78 is 45.4. The highest BCUT2D eigenvalue weighted by molar-refractivity contribution is 5.50. The second-order valence-corrected chi connectivity index (χ2v) is 5.78. The molecule has 0 atom stereocenters. The van der Waals surface area contributed by atoms with Crippen LogP contribution in [-0.2, 0) is 10.3 Å². The van der Waals surface area contributed by atoms with E-state index < -0.39 is 12.0 Å². The van der Waals surface area contributed by atoms with Crippen molar-refractivity contribution in [2.24, 2.45) is 0 Å². The first-order chi connectivity index (χ1) is 12.9. The molecule has 142 valence electrons. The average Bonchev–Trinajstić information content (AvgIpc) is 2.69. The van der Waals surface area contributed by atoms with E-state index in [2.05, 4.69) is 0 Å². The highest BCUT2D eigenvalue weighted by atomic mass is 19.4. The van der Waals surface area contributed by atoms with Crippen LogP contribution in [0.25, 0.3) is 0 Å². The van der Waals surface area contributed by atoms with Crippen molar-refractivity contribution in [3.05, 3.63) is 107 Å². The fourth-order valence-electron chi connectivity index (χ4n) is 3.14. The van der Waals surface area contributed by atoms with Crippen LogP contribution < -0.4 is 0 Å². The van der Waals surface area contributed by atoms with Crippen molar-refractivity contribution < 1.29 is 17.9 Å². The summed E-state index contributed by atoms with van der Waals surface area (Å²) in [6.07, 6.45) is -4.81. The van der Waals surface area contributed by atoms with Gasteiger partial charge in [0.2, 0.25) is 0 Å². The molecule has 0 aliphatic carbocycles. The highest BCUT2D eigenvalue weighted by Gasteiger charge is 2.48. The van der Waals surface area contributed by atoms with E-state index in [1.54, 1.807) is 91.9 Å². The van der Waals surface area contributed by atoms with Gasteiger partial charge < -0.3 is 0 Å². The Morgan fingerprint density at radius 2 is 1.04 bits per heavy atom. The Labute approximate surface area is 158 Å². The normalized spacial score (nSPS) is 11.5. The Hall–Kier alpha value is -2.59. The maximum Gasteiger partial charge on any atom is 0.524 e. The Bertz CT molecular complexity index is 788. The molecule has 0 radical (unpaired) electrons. The predicted octanol–water partition coefficient (Wildman–Crippen LogP) is 6.85. The lowest BCUT2D eigenvalue weighted by Crippen LogP contribution is -2.38. The number of rotatable bonds is 4. The first-order valence-corrected chi connectivity index (χ1v) is 8.87. The number of hydrogen-bond acceptors (Lipinski definition) is 1. The van der Waals surface area contributed by atoms with Crippen LogP contribution in [0.5, 0.6) is 0 Å². The van der Waals surface area contributed by atoms with Crippen molar-refractivity contribution in [1.82, 2.24) is 0 Å². The van der Waals surface area contributed by atoms with Crippen LogP contribution in [0.15, 0.2) is 84.9 Å². The third-order valence-corrected chi connectivity index (χ3v) is 4.15. The van der Waals surface area contributed by atoms with E-state index in [0.29, 0.717) is 16.7 Å². The molecule has 0 fully saturated rings. The van der Waals surface area contributed by atoms with Crippen LogP contribution in [0.3, 0.4) is 0 Å². The van der Waals surface area contributed by atoms with Crippen molar-refractivity contribution in [3.8, 4) is 0 Å². The van der Waals surface area contributed by atoms with Crippen LogP contribution >= 0.6 is 0 Å². The molecule has 0 spiro atoms. The minimum atomic E-state index is -4.81. The largest absolute Gasteiger partial charge is 0.524 e. The number of halogens is 3. The van der Waals surface area contributed by atoms with E-state index >= 15 is 0 Å². The first-order valence-electron chi connectivity index (χ1n) is 8.87. The Balaban J connectivity index is 0.00000126. The average molecular weight is 372 g/mol.